The van der Waals surface area contributed by atoms with E-state index in [1.54, 1.807) is 6.07 Å². The van der Waals surface area contributed by atoms with E-state index < -0.39 is 89.3 Å². The number of nitrogens with zero attached hydrogens (tertiary/aromatic N) is 7. The van der Waals surface area contributed by atoms with E-state index in [4.69, 9.17) is 32.3 Å². The Balaban J connectivity index is 1.06. The predicted octanol–water partition coefficient (Wildman–Crippen LogP) is 21.0. The van der Waals surface area contributed by atoms with Crippen molar-refractivity contribution in [1.82, 2.24) is 28.7 Å². The molecule has 2 atom stereocenters. The van der Waals surface area contributed by atoms with Crippen molar-refractivity contribution in [3.8, 4) is 79.2 Å². The highest BCUT2D eigenvalue weighted by Gasteiger charge is 2.42. The molecule has 9 heteroatoms. The highest BCUT2D eigenvalue weighted by Crippen LogP contribution is 2.56. The Labute approximate surface area is 535 Å². The molecule has 0 amide bonds. The van der Waals surface area contributed by atoms with Crippen LogP contribution in [-0.2, 0) is 0 Å². The Bertz CT molecular complexity index is 6410. The molecule has 1 aliphatic carbocycles. The number of hydrogen-bond acceptors (Lipinski definition) is 5. The molecule has 0 bridgehead atoms. The first-order valence-electron chi connectivity index (χ1n) is 34.9. The molecule has 5 aromatic heterocycles. The van der Waals surface area contributed by atoms with Gasteiger partial charge in [-0.2, -0.15) is 0 Å². The van der Waals surface area contributed by atoms with Crippen molar-refractivity contribution >= 4 is 88.2 Å². The quantitative estimate of drug-likeness (QED) is 0.142. The van der Waals surface area contributed by atoms with E-state index in [2.05, 4.69) is 128 Å². The Morgan fingerprint density at radius 2 is 0.978 bits per heavy atom. The number of aromatic nitrogens is 6. The van der Waals surface area contributed by atoms with E-state index in [9.17, 15) is 12.1 Å². The van der Waals surface area contributed by atoms with Gasteiger partial charge in [-0.1, -0.05) is 212 Å². The summed E-state index contributed by atoms with van der Waals surface area (Å²) in [5.41, 5.74) is 11.9. The fourth-order valence-corrected chi connectivity index (χ4v) is 14.2. The molecule has 0 radical (unpaired) electrons. The Hall–Kier alpha value is -12.4. The molecule has 0 spiro atoms. The second-order valence-corrected chi connectivity index (χ2v) is 22.8. The number of furan rings is 1. The summed E-state index contributed by atoms with van der Waals surface area (Å²) in [6.45, 7) is 9.82. The van der Waals surface area contributed by atoms with E-state index in [-0.39, 0.29) is 23.0 Å². The fourth-order valence-electron chi connectivity index (χ4n) is 14.2. The molecule has 91 heavy (non-hydrogen) atoms. The third kappa shape index (κ3) is 7.60. The van der Waals surface area contributed by atoms with Crippen molar-refractivity contribution in [1.29, 1.82) is 0 Å². The highest BCUT2D eigenvalue weighted by molar-refractivity contribution is 6.25. The standard InChI is InChI=1S/C82H49N7O2/c1-83-64-48-63(82-85-80(51-26-10-4-11-27-51)84-81(86-82)52-28-12-5-13-29-52)75(88-67-42-38-53(49-22-6-2-7-23-49)46-61(67)73-69(88)44-40-59-57-32-16-20-36-71(57)90-78(59)73)77(87-65-34-18-14-30-55(65)56-31-15-19-35-66(56)87)76(64)89-68-43-39-54(50-24-8-3-9-25-50)47-62(68)74-70(89)45-41-60-58-33-17-21-37-72(58)91-79(60)74/h2-48,59,78H/i4D,5D,10D,11D,12D,13D,26D,27D,28D,29D. The second kappa shape index (κ2) is 19.8. The second-order valence-electron chi connectivity index (χ2n) is 22.8. The molecular weight excluding hydrogens is 1110 g/mol. The van der Waals surface area contributed by atoms with Crippen LogP contribution in [0.4, 0.5) is 5.69 Å². The van der Waals surface area contributed by atoms with Crippen LogP contribution in [0.3, 0.4) is 0 Å². The molecule has 9 nitrogen and oxygen atoms in total. The monoisotopic (exact) mass is 1170 g/mol. The summed E-state index contributed by atoms with van der Waals surface area (Å²) in [6.07, 6.45) is 3.70. The van der Waals surface area contributed by atoms with Crippen LogP contribution in [0, 0.1) is 6.57 Å². The van der Waals surface area contributed by atoms with Gasteiger partial charge in [0.15, 0.2) is 17.5 Å². The van der Waals surface area contributed by atoms with Crippen molar-refractivity contribution in [3.05, 3.63) is 307 Å². The van der Waals surface area contributed by atoms with E-state index >= 15 is 0 Å². The summed E-state index contributed by atoms with van der Waals surface area (Å²) < 4.78 is 112. The molecule has 2 unspecified atom stereocenters. The zero-order valence-electron chi connectivity index (χ0n) is 58.0. The third-order valence-electron chi connectivity index (χ3n) is 18.1. The number of para-hydroxylation sites is 4. The molecule has 12 aromatic carbocycles. The van der Waals surface area contributed by atoms with Crippen LogP contribution in [-0.4, -0.2) is 28.7 Å². The topological polar surface area (TPSA) is 80.2 Å². The minimum Gasteiger partial charge on any atom is -0.484 e. The Kier molecular flexibility index (Phi) is 9.08. The molecule has 19 rings (SSSR count). The maximum absolute atomic E-state index is 9.82. The van der Waals surface area contributed by atoms with E-state index in [1.807, 2.05) is 109 Å². The zero-order valence-corrected chi connectivity index (χ0v) is 48.0. The van der Waals surface area contributed by atoms with E-state index in [0.29, 0.717) is 45.0 Å². The SMILES string of the molecule is [2H]c1c([2H])c([2H])c(-c2nc(-c3cc([N+]#[C-])c(-n4c5ccc(-c6ccccc6)cc5c5c6oc7ccccc7c6ccc54)c(-n4c5ccccc5c5ccccc54)c3-n3c4c(c5cc(-c6ccccc6)ccc53)C3Oc5ccccc5C3C=C4)nc(-c3c([2H])c([2H])c([2H])c([2H])c3[2H])n2)c([2H])c1[2H]. The summed E-state index contributed by atoms with van der Waals surface area (Å²) in [6, 6.07) is 64.2. The van der Waals surface area contributed by atoms with Gasteiger partial charge in [-0.3, -0.25) is 0 Å². The molecular formula is C82H49N7O2. The first-order chi connectivity index (χ1) is 49.3. The lowest BCUT2D eigenvalue weighted by molar-refractivity contribution is 0.224. The molecule has 1 aliphatic heterocycles. The van der Waals surface area contributed by atoms with Crippen molar-refractivity contribution in [2.45, 2.75) is 12.0 Å². The number of hydrogen-bond donors (Lipinski definition) is 0. The largest absolute Gasteiger partial charge is 0.484 e. The van der Waals surface area contributed by atoms with Crippen molar-refractivity contribution < 1.29 is 22.9 Å². The molecule has 0 saturated heterocycles. The van der Waals surface area contributed by atoms with E-state index in [0.717, 1.165) is 93.4 Å². The van der Waals surface area contributed by atoms with Gasteiger partial charge in [0.1, 0.15) is 23.0 Å². The van der Waals surface area contributed by atoms with Crippen LogP contribution in [0.25, 0.3) is 161 Å². The molecule has 0 saturated carbocycles. The normalized spacial score (nSPS) is 15.7. The maximum atomic E-state index is 9.82. The lowest BCUT2D eigenvalue weighted by atomic mass is 9.85. The molecule has 2 aliphatic rings. The van der Waals surface area contributed by atoms with Crippen molar-refractivity contribution in [2.24, 2.45) is 0 Å². The summed E-state index contributed by atoms with van der Waals surface area (Å²) in [7, 11) is 0. The zero-order chi connectivity index (χ0) is 68.5. The lowest BCUT2D eigenvalue weighted by Crippen LogP contribution is -2.16. The van der Waals surface area contributed by atoms with Gasteiger partial charge in [-0.05, 0) is 95.1 Å². The van der Waals surface area contributed by atoms with Crippen LogP contribution in [0.1, 0.15) is 42.6 Å². The lowest BCUT2D eigenvalue weighted by Gasteiger charge is -2.27. The molecule has 6 heterocycles. The Morgan fingerprint density at radius 3 is 1.65 bits per heavy atom. The summed E-state index contributed by atoms with van der Waals surface area (Å²) in [4.78, 5) is 19.9. The van der Waals surface area contributed by atoms with Gasteiger partial charge in [-0.25, -0.2) is 19.8 Å². The number of rotatable bonds is 8. The van der Waals surface area contributed by atoms with Crippen molar-refractivity contribution in [2.75, 3.05) is 0 Å². The van der Waals surface area contributed by atoms with Gasteiger partial charge in [-0.15, -0.1) is 0 Å². The van der Waals surface area contributed by atoms with Crippen LogP contribution >= 0.6 is 0 Å². The van der Waals surface area contributed by atoms with E-state index in [1.165, 1.54) is 0 Å². The molecule has 0 fully saturated rings. The smallest absolute Gasteiger partial charge is 0.213 e. The predicted molar refractivity (Wildman–Crippen MR) is 368 cm³/mol. The fraction of sp³-hybridized carbons (Fsp3) is 0.0244. The summed E-state index contributed by atoms with van der Waals surface area (Å²) in [5, 5.41) is 6.03. The number of fused-ring (bicyclic) bond motifs is 17. The Morgan fingerprint density at radius 1 is 0.429 bits per heavy atom. The third-order valence-corrected chi connectivity index (χ3v) is 18.1. The minimum atomic E-state index is -0.690. The summed E-state index contributed by atoms with van der Waals surface area (Å²) >= 11 is 0. The van der Waals surface area contributed by atoms with Crippen LogP contribution in [0.15, 0.2) is 283 Å². The first-order valence-corrected chi connectivity index (χ1v) is 29.9. The number of ether oxygens (including phenoxy) is 1. The van der Waals surface area contributed by atoms with Crippen molar-refractivity contribution in [3.63, 3.8) is 0 Å². The highest BCUT2D eigenvalue weighted by atomic mass is 16.5. The first kappa shape index (κ1) is 41.7. The summed E-state index contributed by atoms with van der Waals surface area (Å²) in [5.74, 6) is -0.670. The van der Waals surface area contributed by atoms with Gasteiger partial charge in [0, 0.05) is 66.1 Å². The molecule has 17 aromatic rings. The van der Waals surface area contributed by atoms with Gasteiger partial charge >= 0.3 is 0 Å². The maximum Gasteiger partial charge on any atom is 0.213 e. The van der Waals surface area contributed by atoms with Gasteiger partial charge in [0.2, 0.25) is 5.69 Å². The molecule has 0 N–H and O–H groups in total. The molecule has 424 valence electrons. The van der Waals surface area contributed by atoms with Gasteiger partial charge in [0.05, 0.1) is 76.0 Å². The van der Waals surface area contributed by atoms with Crippen LogP contribution < -0.4 is 4.74 Å². The number of benzene rings is 12. The van der Waals surface area contributed by atoms with Gasteiger partial charge in [0.25, 0.3) is 0 Å². The van der Waals surface area contributed by atoms with Crippen LogP contribution in [0.5, 0.6) is 5.75 Å². The average molecular weight is 1170 g/mol. The minimum absolute atomic E-state index is 0.0762. The van der Waals surface area contributed by atoms with Gasteiger partial charge < -0.3 is 22.9 Å². The average Bonchev–Trinajstić information content (AvgIpc) is 1.56. The van der Waals surface area contributed by atoms with Crippen LogP contribution in [0.2, 0.25) is 0 Å².